The van der Waals surface area contributed by atoms with Gasteiger partial charge in [-0.2, -0.15) is 0 Å². The Morgan fingerprint density at radius 1 is 1.18 bits per heavy atom. The van der Waals surface area contributed by atoms with Crippen LogP contribution in [0.25, 0.3) is 0 Å². The SMILES string of the molecule is CCc1ccc(NC(N)=NC2C3Cc4ccccc4C32)cc1. The largest absolute Gasteiger partial charge is 0.370 e. The number of fused-ring (bicyclic) bond motifs is 3. The van der Waals surface area contributed by atoms with Gasteiger partial charge < -0.3 is 11.1 Å². The Bertz CT molecular complexity index is 718. The molecule has 22 heavy (non-hydrogen) atoms. The number of anilines is 1. The third kappa shape index (κ3) is 2.27. The van der Waals surface area contributed by atoms with E-state index in [1.54, 1.807) is 0 Å². The maximum absolute atomic E-state index is 6.08. The van der Waals surface area contributed by atoms with Crippen molar-refractivity contribution in [3.8, 4) is 0 Å². The summed E-state index contributed by atoms with van der Waals surface area (Å²) in [5.41, 5.74) is 11.4. The zero-order valence-corrected chi connectivity index (χ0v) is 12.8. The van der Waals surface area contributed by atoms with Crippen molar-refractivity contribution in [1.29, 1.82) is 0 Å². The number of hydrogen-bond donors (Lipinski definition) is 2. The van der Waals surface area contributed by atoms with Gasteiger partial charge in [0, 0.05) is 11.6 Å². The number of hydrogen-bond acceptors (Lipinski definition) is 1. The summed E-state index contributed by atoms with van der Waals surface area (Å²) in [6.07, 6.45) is 2.20. The minimum absolute atomic E-state index is 0.359. The quantitative estimate of drug-likeness (QED) is 0.673. The van der Waals surface area contributed by atoms with Crippen LogP contribution < -0.4 is 11.1 Å². The van der Waals surface area contributed by atoms with Crippen molar-refractivity contribution >= 4 is 11.6 Å². The number of nitrogens with zero attached hydrogens (tertiary/aromatic N) is 1. The van der Waals surface area contributed by atoms with Crippen LogP contribution in [0.5, 0.6) is 0 Å². The van der Waals surface area contributed by atoms with Gasteiger partial charge in [-0.25, -0.2) is 4.99 Å². The topological polar surface area (TPSA) is 50.4 Å². The lowest BCUT2D eigenvalue weighted by atomic mass is 10.1. The average molecular weight is 291 g/mol. The highest BCUT2D eigenvalue weighted by Gasteiger charge is 2.55. The second-order valence-corrected chi connectivity index (χ2v) is 6.27. The van der Waals surface area contributed by atoms with Gasteiger partial charge in [0.1, 0.15) is 0 Å². The molecule has 2 aliphatic rings. The molecule has 4 rings (SSSR count). The van der Waals surface area contributed by atoms with E-state index in [4.69, 9.17) is 10.7 Å². The molecule has 3 unspecified atom stereocenters. The molecule has 0 heterocycles. The first kappa shape index (κ1) is 13.4. The molecule has 0 amide bonds. The monoisotopic (exact) mass is 291 g/mol. The molecule has 3 atom stereocenters. The Balaban J connectivity index is 1.44. The summed E-state index contributed by atoms with van der Waals surface area (Å²) >= 11 is 0. The average Bonchev–Trinajstić information content (AvgIpc) is 3.05. The van der Waals surface area contributed by atoms with Crippen LogP contribution in [0.15, 0.2) is 53.5 Å². The number of rotatable bonds is 3. The van der Waals surface area contributed by atoms with Crippen molar-refractivity contribution in [3.05, 3.63) is 65.2 Å². The molecule has 0 aliphatic heterocycles. The van der Waals surface area contributed by atoms with Crippen LogP contribution in [-0.2, 0) is 12.8 Å². The van der Waals surface area contributed by atoms with Crippen LogP contribution >= 0.6 is 0 Å². The van der Waals surface area contributed by atoms with Gasteiger partial charge >= 0.3 is 0 Å². The van der Waals surface area contributed by atoms with Crippen molar-refractivity contribution < 1.29 is 0 Å². The van der Waals surface area contributed by atoms with E-state index in [-0.39, 0.29) is 0 Å². The van der Waals surface area contributed by atoms with Crippen LogP contribution in [0.2, 0.25) is 0 Å². The molecule has 3 heteroatoms. The Hall–Kier alpha value is -2.29. The number of nitrogens with one attached hydrogen (secondary N) is 1. The van der Waals surface area contributed by atoms with Gasteiger partial charge in [-0.05, 0) is 47.6 Å². The van der Waals surface area contributed by atoms with Crippen LogP contribution in [0.1, 0.15) is 29.5 Å². The molecule has 0 saturated heterocycles. The fourth-order valence-electron chi connectivity index (χ4n) is 3.66. The predicted octanol–water partition coefficient (Wildman–Crippen LogP) is 3.31. The van der Waals surface area contributed by atoms with Gasteiger partial charge in [0.15, 0.2) is 5.96 Å². The lowest BCUT2D eigenvalue weighted by molar-refractivity contribution is 0.801. The van der Waals surface area contributed by atoms with E-state index in [0.717, 1.165) is 18.5 Å². The number of aryl methyl sites for hydroxylation is 1. The fraction of sp³-hybridized carbons (Fsp3) is 0.316. The first-order valence-electron chi connectivity index (χ1n) is 8.03. The minimum Gasteiger partial charge on any atom is -0.370 e. The van der Waals surface area contributed by atoms with Crippen LogP contribution in [0.4, 0.5) is 5.69 Å². The second-order valence-electron chi connectivity index (χ2n) is 6.27. The van der Waals surface area contributed by atoms with E-state index in [2.05, 4.69) is 60.8 Å². The van der Waals surface area contributed by atoms with E-state index < -0.39 is 0 Å². The van der Waals surface area contributed by atoms with E-state index >= 15 is 0 Å². The Kier molecular flexibility index (Phi) is 3.14. The molecule has 0 spiro atoms. The second kappa shape index (κ2) is 5.16. The summed E-state index contributed by atoms with van der Waals surface area (Å²) in [5.74, 6) is 1.76. The summed E-state index contributed by atoms with van der Waals surface area (Å²) in [6.45, 7) is 2.15. The van der Waals surface area contributed by atoms with E-state index in [1.807, 2.05) is 0 Å². The van der Waals surface area contributed by atoms with Crippen LogP contribution in [0, 0.1) is 5.92 Å². The smallest absolute Gasteiger partial charge is 0.193 e. The van der Waals surface area contributed by atoms with Crippen LogP contribution in [-0.4, -0.2) is 12.0 Å². The summed E-state index contributed by atoms with van der Waals surface area (Å²) in [7, 11) is 0. The third-order valence-electron chi connectivity index (χ3n) is 4.92. The van der Waals surface area contributed by atoms with Crippen molar-refractivity contribution in [2.75, 3.05) is 5.32 Å². The fourth-order valence-corrected chi connectivity index (χ4v) is 3.66. The Morgan fingerprint density at radius 2 is 1.95 bits per heavy atom. The summed E-state index contributed by atoms with van der Waals surface area (Å²) < 4.78 is 0. The van der Waals surface area contributed by atoms with Gasteiger partial charge in [-0.1, -0.05) is 43.3 Å². The van der Waals surface area contributed by atoms with Gasteiger partial charge in [0.25, 0.3) is 0 Å². The van der Waals surface area contributed by atoms with Crippen molar-refractivity contribution in [2.24, 2.45) is 16.6 Å². The van der Waals surface area contributed by atoms with Gasteiger partial charge in [0.05, 0.1) is 6.04 Å². The highest BCUT2D eigenvalue weighted by atomic mass is 15.1. The number of benzene rings is 2. The lowest BCUT2D eigenvalue weighted by Gasteiger charge is -2.08. The van der Waals surface area contributed by atoms with Gasteiger partial charge in [-0.15, -0.1) is 0 Å². The predicted molar refractivity (Wildman–Crippen MR) is 91.2 cm³/mol. The maximum Gasteiger partial charge on any atom is 0.193 e. The number of aliphatic imine (C=N–C) groups is 1. The molecular weight excluding hydrogens is 270 g/mol. The molecule has 2 aromatic carbocycles. The van der Waals surface area contributed by atoms with E-state index in [0.29, 0.717) is 23.8 Å². The zero-order valence-electron chi connectivity index (χ0n) is 12.8. The summed E-state index contributed by atoms with van der Waals surface area (Å²) in [5, 5.41) is 3.21. The molecule has 3 N–H and O–H groups in total. The molecule has 0 radical (unpaired) electrons. The summed E-state index contributed by atoms with van der Waals surface area (Å²) in [6, 6.07) is 17.4. The molecule has 3 nitrogen and oxygen atoms in total. The standard InChI is InChI=1S/C19H21N3/c1-2-12-7-9-14(10-8-12)21-19(20)22-18-16-11-13-5-3-4-6-15(13)17(16)18/h3-10,16-18H,2,11H2,1H3,(H3,20,21,22). The third-order valence-corrected chi connectivity index (χ3v) is 4.92. The molecular formula is C19H21N3. The normalized spacial score (nSPS) is 25.5. The molecule has 2 aliphatic carbocycles. The maximum atomic E-state index is 6.08. The first-order chi connectivity index (χ1) is 10.8. The van der Waals surface area contributed by atoms with Gasteiger partial charge in [-0.3, -0.25) is 0 Å². The number of guanidine groups is 1. The zero-order chi connectivity index (χ0) is 15.1. The molecule has 0 bridgehead atoms. The molecule has 1 saturated carbocycles. The number of nitrogens with two attached hydrogens (primary N) is 1. The lowest BCUT2D eigenvalue weighted by Crippen LogP contribution is -2.23. The van der Waals surface area contributed by atoms with Crippen molar-refractivity contribution in [1.82, 2.24) is 0 Å². The highest BCUT2D eigenvalue weighted by Crippen LogP contribution is 2.58. The molecule has 1 fully saturated rings. The Labute approximate surface area is 131 Å². The van der Waals surface area contributed by atoms with Crippen molar-refractivity contribution in [2.45, 2.75) is 31.7 Å². The molecule has 2 aromatic rings. The van der Waals surface area contributed by atoms with E-state index in [1.165, 1.54) is 16.7 Å². The van der Waals surface area contributed by atoms with E-state index in [9.17, 15) is 0 Å². The minimum atomic E-state index is 0.359. The highest BCUT2D eigenvalue weighted by molar-refractivity contribution is 5.92. The Morgan fingerprint density at radius 3 is 2.73 bits per heavy atom. The molecule has 112 valence electrons. The van der Waals surface area contributed by atoms with Crippen molar-refractivity contribution in [3.63, 3.8) is 0 Å². The molecule has 0 aromatic heterocycles. The van der Waals surface area contributed by atoms with Crippen LogP contribution in [0.3, 0.4) is 0 Å². The summed E-state index contributed by atoms with van der Waals surface area (Å²) in [4.78, 5) is 4.69. The first-order valence-corrected chi connectivity index (χ1v) is 8.03. The van der Waals surface area contributed by atoms with Gasteiger partial charge in [0.2, 0.25) is 0 Å².